The van der Waals surface area contributed by atoms with Crippen LogP contribution in [-0.2, 0) is 9.59 Å². The normalized spacial score (nSPS) is 18.7. The summed E-state index contributed by atoms with van der Waals surface area (Å²) in [5.41, 5.74) is 1.28. The molecule has 0 spiro atoms. The molecule has 8 nitrogen and oxygen atoms in total. The van der Waals surface area contributed by atoms with Crippen molar-refractivity contribution in [3.8, 4) is 5.75 Å². The number of hydrogen-bond acceptors (Lipinski definition) is 5. The number of benzene rings is 2. The second-order valence-electron chi connectivity index (χ2n) is 7.33. The van der Waals surface area contributed by atoms with E-state index >= 15 is 0 Å². The number of piperazine rings is 1. The minimum Gasteiger partial charge on any atom is -0.497 e. The van der Waals surface area contributed by atoms with E-state index in [0.717, 1.165) is 4.90 Å². The summed E-state index contributed by atoms with van der Waals surface area (Å²) in [6.45, 7) is 1.64. The van der Waals surface area contributed by atoms with Gasteiger partial charge in [-0.25, -0.2) is 0 Å². The van der Waals surface area contributed by atoms with Crippen molar-refractivity contribution in [2.24, 2.45) is 0 Å². The standard InChI is InChI=1S/C22H21N3O5/c1-14-11-23(12-20(27)25(14)15-6-5-7-16(10-15)30-2)19(26)13-24-21(28)17-8-3-4-9-18(17)22(24)29/h3-10,14H,11-13H2,1-2H3. The molecule has 0 aromatic heterocycles. The van der Waals surface area contributed by atoms with Crippen molar-refractivity contribution in [3.63, 3.8) is 0 Å². The first-order valence-corrected chi connectivity index (χ1v) is 9.60. The fourth-order valence-corrected chi connectivity index (χ4v) is 3.92. The van der Waals surface area contributed by atoms with Gasteiger partial charge in [0.2, 0.25) is 11.8 Å². The molecule has 2 aromatic carbocycles. The molecule has 8 heteroatoms. The number of ether oxygens (including phenoxy) is 1. The number of nitrogens with zero attached hydrogens (tertiary/aromatic N) is 3. The van der Waals surface area contributed by atoms with Gasteiger partial charge in [-0.2, -0.15) is 0 Å². The van der Waals surface area contributed by atoms with Crippen molar-refractivity contribution in [2.75, 3.05) is 31.6 Å². The molecule has 0 bridgehead atoms. The van der Waals surface area contributed by atoms with Gasteiger partial charge >= 0.3 is 0 Å². The molecule has 0 radical (unpaired) electrons. The van der Waals surface area contributed by atoms with Crippen LogP contribution < -0.4 is 9.64 Å². The average molecular weight is 407 g/mol. The second-order valence-corrected chi connectivity index (χ2v) is 7.33. The molecule has 30 heavy (non-hydrogen) atoms. The first-order valence-electron chi connectivity index (χ1n) is 9.60. The lowest BCUT2D eigenvalue weighted by Crippen LogP contribution is -2.58. The van der Waals surface area contributed by atoms with E-state index in [2.05, 4.69) is 0 Å². The van der Waals surface area contributed by atoms with E-state index in [1.54, 1.807) is 54.5 Å². The van der Waals surface area contributed by atoms with E-state index in [-0.39, 0.29) is 25.0 Å². The van der Waals surface area contributed by atoms with Crippen molar-refractivity contribution >= 4 is 29.3 Å². The highest BCUT2D eigenvalue weighted by Crippen LogP contribution is 2.26. The molecule has 0 N–H and O–H groups in total. The van der Waals surface area contributed by atoms with Gasteiger partial charge in [0.1, 0.15) is 18.8 Å². The van der Waals surface area contributed by atoms with Crippen molar-refractivity contribution in [1.29, 1.82) is 0 Å². The fourth-order valence-electron chi connectivity index (χ4n) is 3.92. The molecule has 0 saturated carbocycles. The summed E-state index contributed by atoms with van der Waals surface area (Å²) in [7, 11) is 1.56. The molecule has 2 aliphatic rings. The van der Waals surface area contributed by atoms with Crippen LogP contribution >= 0.6 is 0 Å². The molecule has 1 saturated heterocycles. The smallest absolute Gasteiger partial charge is 0.262 e. The lowest BCUT2D eigenvalue weighted by Gasteiger charge is -2.39. The second kappa shape index (κ2) is 7.62. The van der Waals surface area contributed by atoms with Gasteiger partial charge in [0.15, 0.2) is 0 Å². The molecule has 1 fully saturated rings. The topological polar surface area (TPSA) is 87.2 Å². The average Bonchev–Trinajstić information content (AvgIpc) is 2.98. The lowest BCUT2D eigenvalue weighted by atomic mass is 10.1. The van der Waals surface area contributed by atoms with Crippen LogP contribution in [0.25, 0.3) is 0 Å². The zero-order valence-electron chi connectivity index (χ0n) is 16.7. The highest BCUT2D eigenvalue weighted by Gasteiger charge is 2.39. The number of rotatable bonds is 4. The molecule has 1 atom stereocenters. The third-order valence-electron chi connectivity index (χ3n) is 5.38. The van der Waals surface area contributed by atoms with Gasteiger partial charge in [0.25, 0.3) is 11.8 Å². The van der Waals surface area contributed by atoms with Crippen LogP contribution in [0.15, 0.2) is 48.5 Å². The molecule has 4 rings (SSSR count). The predicted molar refractivity (Wildman–Crippen MR) is 108 cm³/mol. The maximum absolute atomic E-state index is 12.8. The third kappa shape index (κ3) is 3.30. The number of methoxy groups -OCH3 is 1. The molecule has 2 heterocycles. The highest BCUT2D eigenvalue weighted by molar-refractivity contribution is 6.22. The number of fused-ring (bicyclic) bond motifs is 1. The minimum atomic E-state index is -0.488. The fraction of sp³-hybridized carbons (Fsp3) is 0.273. The summed E-state index contributed by atoms with van der Waals surface area (Å²) in [6.07, 6.45) is 0. The van der Waals surface area contributed by atoms with Crippen LogP contribution in [0.2, 0.25) is 0 Å². The van der Waals surface area contributed by atoms with Crippen molar-refractivity contribution in [3.05, 3.63) is 59.7 Å². The Bertz CT molecular complexity index is 1020. The van der Waals surface area contributed by atoms with E-state index in [1.807, 2.05) is 13.0 Å². The first-order chi connectivity index (χ1) is 14.4. The van der Waals surface area contributed by atoms with Crippen LogP contribution in [0.1, 0.15) is 27.6 Å². The molecule has 0 aliphatic carbocycles. The Morgan fingerprint density at radius 3 is 2.30 bits per heavy atom. The van der Waals surface area contributed by atoms with E-state index in [4.69, 9.17) is 4.74 Å². The van der Waals surface area contributed by atoms with Crippen LogP contribution in [0.4, 0.5) is 5.69 Å². The van der Waals surface area contributed by atoms with Gasteiger partial charge in [0, 0.05) is 18.3 Å². The Kier molecular flexibility index (Phi) is 4.99. The van der Waals surface area contributed by atoms with Crippen molar-refractivity contribution in [1.82, 2.24) is 9.80 Å². The minimum absolute atomic E-state index is 0.121. The van der Waals surface area contributed by atoms with Gasteiger partial charge < -0.3 is 14.5 Å². The molecule has 2 aromatic rings. The molecule has 1 unspecified atom stereocenters. The molecular formula is C22H21N3O5. The Labute approximate surface area is 173 Å². The quantitative estimate of drug-likeness (QED) is 0.718. The SMILES string of the molecule is COc1cccc(N2C(=O)CN(C(=O)CN3C(=O)c4ccccc4C3=O)CC2C)c1. The number of hydrogen-bond donors (Lipinski definition) is 0. The van der Waals surface area contributed by atoms with Crippen molar-refractivity contribution < 1.29 is 23.9 Å². The predicted octanol–water partition coefficient (Wildman–Crippen LogP) is 1.56. The van der Waals surface area contributed by atoms with Gasteiger partial charge in [-0.15, -0.1) is 0 Å². The van der Waals surface area contributed by atoms with Crippen LogP contribution in [0.5, 0.6) is 5.75 Å². The number of anilines is 1. The molecule has 2 aliphatic heterocycles. The Hall–Kier alpha value is -3.68. The molecule has 4 amide bonds. The largest absolute Gasteiger partial charge is 0.497 e. The molecule has 154 valence electrons. The van der Waals surface area contributed by atoms with E-state index < -0.39 is 17.7 Å². The number of amides is 4. The summed E-state index contributed by atoms with van der Waals surface area (Å²) in [4.78, 5) is 54.6. The maximum Gasteiger partial charge on any atom is 0.262 e. The van der Waals surface area contributed by atoms with E-state index in [0.29, 0.717) is 29.1 Å². The lowest BCUT2D eigenvalue weighted by molar-refractivity contribution is -0.137. The summed E-state index contributed by atoms with van der Waals surface area (Å²) in [5.74, 6) is -1.01. The Balaban J connectivity index is 1.46. The number of imide groups is 1. The van der Waals surface area contributed by atoms with Gasteiger partial charge in [0.05, 0.1) is 24.3 Å². The monoisotopic (exact) mass is 407 g/mol. The Morgan fingerprint density at radius 2 is 1.70 bits per heavy atom. The zero-order valence-corrected chi connectivity index (χ0v) is 16.7. The maximum atomic E-state index is 12.8. The summed E-state index contributed by atoms with van der Waals surface area (Å²) in [5, 5.41) is 0. The van der Waals surface area contributed by atoms with Gasteiger partial charge in [-0.3, -0.25) is 24.1 Å². The molecular weight excluding hydrogens is 386 g/mol. The van der Waals surface area contributed by atoms with Crippen molar-refractivity contribution in [2.45, 2.75) is 13.0 Å². The Morgan fingerprint density at radius 1 is 1.03 bits per heavy atom. The van der Waals surface area contributed by atoms with Gasteiger partial charge in [-0.1, -0.05) is 18.2 Å². The van der Waals surface area contributed by atoms with Crippen LogP contribution in [0.3, 0.4) is 0 Å². The van der Waals surface area contributed by atoms with Crippen LogP contribution in [0, 0.1) is 0 Å². The summed E-state index contributed by atoms with van der Waals surface area (Å²) < 4.78 is 5.22. The summed E-state index contributed by atoms with van der Waals surface area (Å²) in [6, 6.07) is 13.4. The number of carbonyl (C=O) groups is 4. The van der Waals surface area contributed by atoms with Gasteiger partial charge in [-0.05, 0) is 31.2 Å². The van der Waals surface area contributed by atoms with E-state index in [9.17, 15) is 19.2 Å². The third-order valence-corrected chi connectivity index (χ3v) is 5.38. The first kappa shape index (κ1) is 19.6. The van der Waals surface area contributed by atoms with E-state index in [1.165, 1.54) is 4.90 Å². The van der Waals surface area contributed by atoms with Crippen LogP contribution in [-0.4, -0.2) is 66.2 Å². The zero-order chi connectivity index (χ0) is 21.4. The highest BCUT2D eigenvalue weighted by atomic mass is 16.5. The number of carbonyl (C=O) groups excluding carboxylic acids is 4. The summed E-state index contributed by atoms with van der Waals surface area (Å²) >= 11 is 0.